The summed E-state index contributed by atoms with van der Waals surface area (Å²) in [6.07, 6.45) is 1.82. The first-order valence-electron chi connectivity index (χ1n) is 11.6. The highest BCUT2D eigenvalue weighted by Crippen LogP contribution is 2.37. The number of nitrogens with zero attached hydrogens (tertiary/aromatic N) is 4. The van der Waals surface area contributed by atoms with Crippen LogP contribution in [0.2, 0.25) is 0 Å². The zero-order valence-electron chi connectivity index (χ0n) is 20.1. The van der Waals surface area contributed by atoms with Gasteiger partial charge in [-0.05, 0) is 36.4 Å². The Kier molecular flexibility index (Phi) is 6.57. The number of carboxylic acid groups (broad SMARTS) is 1. The highest BCUT2D eigenvalue weighted by atomic mass is 32.2. The minimum atomic E-state index is -4.39. The maximum atomic E-state index is 16.1. The van der Waals surface area contributed by atoms with Gasteiger partial charge in [0.2, 0.25) is 15.7 Å². The van der Waals surface area contributed by atoms with E-state index in [2.05, 4.69) is 9.97 Å². The molecule has 38 heavy (non-hydrogen) atoms. The summed E-state index contributed by atoms with van der Waals surface area (Å²) in [6, 6.07) is 10.9. The number of anilines is 1. The molecule has 1 aliphatic heterocycles. The Morgan fingerprint density at radius 3 is 2.42 bits per heavy atom. The molecule has 196 valence electrons. The molecule has 4 aromatic rings. The van der Waals surface area contributed by atoms with Crippen LogP contribution < -0.4 is 9.64 Å². The molecule has 0 spiro atoms. The summed E-state index contributed by atoms with van der Waals surface area (Å²) >= 11 is 0. The summed E-state index contributed by atoms with van der Waals surface area (Å²) in [5.74, 6) is -1.83. The van der Waals surface area contributed by atoms with Crippen LogP contribution in [0.1, 0.15) is 0 Å². The number of fused-ring (bicyclic) bond motifs is 1. The molecule has 0 unspecified atom stereocenters. The number of benzene rings is 2. The standard InChI is InChI=1S/C26H22F2N4O5S/c1-37-25-22(38(35,36)21-5-3-2-4-18(21)27)14-16(15-30-25)17-6-7-19-23(24(17)28)20(8-9-29-19)31-10-12-32(13-11-31)26(33)34/h2-9,14-15H,10-13H2,1H3,(H,33,34). The average molecular weight is 541 g/mol. The van der Waals surface area contributed by atoms with Gasteiger partial charge < -0.3 is 19.6 Å². The first kappa shape index (κ1) is 25.3. The molecule has 12 heteroatoms. The van der Waals surface area contributed by atoms with Crippen LogP contribution in [0.4, 0.5) is 19.3 Å². The Bertz CT molecular complexity index is 1660. The molecule has 1 fully saturated rings. The lowest BCUT2D eigenvalue weighted by atomic mass is 10.0. The maximum Gasteiger partial charge on any atom is 0.407 e. The van der Waals surface area contributed by atoms with Gasteiger partial charge in [0, 0.05) is 49.7 Å². The first-order valence-corrected chi connectivity index (χ1v) is 13.0. The molecule has 0 atom stereocenters. The molecule has 1 aliphatic rings. The van der Waals surface area contributed by atoms with Crippen molar-refractivity contribution in [2.24, 2.45) is 0 Å². The second-order valence-electron chi connectivity index (χ2n) is 8.57. The van der Waals surface area contributed by atoms with Crippen LogP contribution in [-0.4, -0.2) is 67.8 Å². The number of hydrogen-bond donors (Lipinski definition) is 1. The quantitative estimate of drug-likeness (QED) is 0.401. The van der Waals surface area contributed by atoms with E-state index < -0.39 is 37.4 Å². The van der Waals surface area contributed by atoms with Gasteiger partial charge in [-0.1, -0.05) is 12.1 Å². The number of aromatic nitrogens is 2. The predicted molar refractivity (Wildman–Crippen MR) is 135 cm³/mol. The Morgan fingerprint density at radius 2 is 1.74 bits per heavy atom. The molecule has 0 saturated carbocycles. The van der Waals surface area contributed by atoms with Gasteiger partial charge >= 0.3 is 6.09 Å². The number of pyridine rings is 2. The van der Waals surface area contributed by atoms with Gasteiger partial charge in [0.25, 0.3) is 0 Å². The van der Waals surface area contributed by atoms with Crippen molar-refractivity contribution in [2.45, 2.75) is 9.79 Å². The summed E-state index contributed by atoms with van der Waals surface area (Å²) < 4.78 is 62.4. The van der Waals surface area contributed by atoms with E-state index in [1.807, 2.05) is 4.90 Å². The van der Waals surface area contributed by atoms with Gasteiger partial charge in [-0.15, -0.1) is 0 Å². The zero-order chi connectivity index (χ0) is 27.0. The van der Waals surface area contributed by atoms with Crippen molar-refractivity contribution in [3.63, 3.8) is 0 Å². The number of sulfone groups is 1. The SMILES string of the molecule is COc1ncc(-c2ccc3nccc(N4CCN(C(=O)O)CC4)c3c2F)cc1S(=O)(=O)c1ccccc1F. The topological polar surface area (TPSA) is 113 Å². The predicted octanol–water partition coefficient (Wildman–Crippen LogP) is 4.22. The van der Waals surface area contributed by atoms with Gasteiger partial charge in [0.1, 0.15) is 21.4 Å². The maximum absolute atomic E-state index is 16.1. The number of methoxy groups -OCH3 is 1. The third kappa shape index (κ3) is 4.36. The van der Waals surface area contributed by atoms with Crippen LogP contribution in [0.3, 0.4) is 0 Å². The lowest BCUT2D eigenvalue weighted by molar-refractivity contribution is 0.142. The van der Waals surface area contributed by atoms with Crippen LogP contribution in [0.15, 0.2) is 70.7 Å². The smallest absolute Gasteiger partial charge is 0.407 e. The number of carbonyl (C=O) groups is 1. The summed E-state index contributed by atoms with van der Waals surface area (Å²) in [5.41, 5.74) is 1.13. The van der Waals surface area contributed by atoms with E-state index in [4.69, 9.17) is 4.74 Å². The number of hydrogen-bond acceptors (Lipinski definition) is 7. The molecule has 1 saturated heterocycles. The van der Waals surface area contributed by atoms with Crippen LogP contribution >= 0.6 is 0 Å². The number of rotatable bonds is 5. The van der Waals surface area contributed by atoms with E-state index in [-0.39, 0.29) is 35.5 Å². The Hall–Kier alpha value is -4.32. The van der Waals surface area contributed by atoms with E-state index in [0.29, 0.717) is 24.3 Å². The van der Waals surface area contributed by atoms with Crippen LogP contribution in [0.25, 0.3) is 22.0 Å². The Balaban J connectivity index is 1.62. The lowest BCUT2D eigenvalue weighted by Gasteiger charge is -2.35. The van der Waals surface area contributed by atoms with Crippen molar-refractivity contribution in [2.75, 3.05) is 38.2 Å². The summed E-state index contributed by atoms with van der Waals surface area (Å²) in [6.45, 7) is 1.26. The fourth-order valence-electron chi connectivity index (χ4n) is 4.52. The number of ether oxygens (including phenoxy) is 1. The average Bonchev–Trinajstić information content (AvgIpc) is 2.93. The molecule has 2 aromatic heterocycles. The fraction of sp³-hybridized carbons (Fsp3) is 0.192. The number of piperazine rings is 1. The molecule has 0 bridgehead atoms. The molecule has 3 heterocycles. The van der Waals surface area contributed by atoms with Crippen LogP contribution in [0.5, 0.6) is 5.88 Å². The van der Waals surface area contributed by atoms with E-state index in [9.17, 15) is 22.7 Å². The number of amides is 1. The lowest BCUT2D eigenvalue weighted by Crippen LogP contribution is -2.48. The van der Waals surface area contributed by atoms with Gasteiger partial charge in [0.15, 0.2) is 0 Å². The second kappa shape index (κ2) is 9.86. The van der Waals surface area contributed by atoms with Crippen LogP contribution in [0, 0.1) is 11.6 Å². The fourth-order valence-corrected chi connectivity index (χ4v) is 5.99. The van der Waals surface area contributed by atoms with E-state index >= 15 is 4.39 Å². The molecule has 5 rings (SSSR count). The molecule has 1 amide bonds. The zero-order valence-corrected chi connectivity index (χ0v) is 21.0. The largest absolute Gasteiger partial charge is 0.480 e. The highest BCUT2D eigenvalue weighted by molar-refractivity contribution is 7.91. The molecule has 9 nitrogen and oxygen atoms in total. The van der Waals surface area contributed by atoms with Gasteiger partial charge in [0.05, 0.1) is 23.7 Å². The van der Waals surface area contributed by atoms with Crippen molar-refractivity contribution in [1.29, 1.82) is 0 Å². The molecule has 2 aromatic carbocycles. The molecule has 1 N–H and O–H groups in total. The van der Waals surface area contributed by atoms with E-state index in [0.717, 1.165) is 12.1 Å². The van der Waals surface area contributed by atoms with Crippen LogP contribution in [-0.2, 0) is 9.84 Å². The third-order valence-corrected chi connectivity index (χ3v) is 8.23. The van der Waals surface area contributed by atoms with Gasteiger partial charge in [-0.2, -0.15) is 0 Å². The van der Waals surface area contributed by atoms with Crippen molar-refractivity contribution in [1.82, 2.24) is 14.9 Å². The number of halogens is 2. The van der Waals surface area contributed by atoms with E-state index in [1.54, 1.807) is 18.3 Å². The second-order valence-corrected chi connectivity index (χ2v) is 10.5. The minimum absolute atomic E-state index is 0.0658. The highest BCUT2D eigenvalue weighted by Gasteiger charge is 2.28. The first-order chi connectivity index (χ1) is 18.2. The molecule has 0 radical (unpaired) electrons. The van der Waals surface area contributed by atoms with Gasteiger partial charge in [-0.25, -0.2) is 27.0 Å². The van der Waals surface area contributed by atoms with Crippen molar-refractivity contribution in [3.05, 3.63) is 72.6 Å². The summed E-state index contributed by atoms with van der Waals surface area (Å²) in [7, 11) is -3.16. The summed E-state index contributed by atoms with van der Waals surface area (Å²) in [5, 5.41) is 9.45. The van der Waals surface area contributed by atoms with Crippen molar-refractivity contribution in [3.8, 4) is 17.0 Å². The van der Waals surface area contributed by atoms with E-state index in [1.165, 1.54) is 42.5 Å². The normalized spacial score (nSPS) is 14.1. The summed E-state index contributed by atoms with van der Waals surface area (Å²) in [4.78, 5) is 21.8. The monoisotopic (exact) mass is 540 g/mol. The van der Waals surface area contributed by atoms with Gasteiger partial charge in [-0.3, -0.25) is 4.98 Å². The Morgan fingerprint density at radius 1 is 1.00 bits per heavy atom. The van der Waals surface area contributed by atoms with Crippen molar-refractivity contribution >= 4 is 32.5 Å². The molecular weight excluding hydrogens is 518 g/mol. The minimum Gasteiger partial charge on any atom is -0.480 e. The molecule has 0 aliphatic carbocycles. The van der Waals surface area contributed by atoms with Crippen molar-refractivity contribution < 1.29 is 31.8 Å². The third-order valence-electron chi connectivity index (χ3n) is 6.45. The molecular formula is C26H22F2N4O5S. The Labute approximate surface area is 216 Å².